The van der Waals surface area contributed by atoms with E-state index in [9.17, 15) is 18.8 Å². The number of piperazine rings is 1. The molecule has 9 nitrogen and oxygen atoms in total. The van der Waals surface area contributed by atoms with Crippen molar-refractivity contribution in [1.82, 2.24) is 4.68 Å². The number of pyridine rings is 1. The van der Waals surface area contributed by atoms with Crippen LogP contribution in [0, 0.1) is 11.6 Å². The number of amides is 1. The summed E-state index contributed by atoms with van der Waals surface area (Å²) in [5.41, 5.74) is 0.769. The molecular weight excluding hydrogens is 575 g/mol. The number of benzene rings is 2. The van der Waals surface area contributed by atoms with Gasteiger partial charge >= 0.3 is 0 Å². The number of anilines is 3. The lowest BCUT2D eigenvalue weighted by molar-refractivity contribution is 0.112. The van der Waals surface area contributed by atoms with Gasteiger partial charge in [-0.2, -0.15) is 0 Å². The highest BCUT2D eigenvalue weighted by molar-refractivity contribution is 14.1. The molecule has 2 aliphatic heterocycles. The second kappa shape index (κ2) is 8.98. The minimum Gasteiger partial charge on any atom is -0.467 e. The Balaban J connectivity index is 1.46. The highest BCUT2D eigenvalue weighted by atomic mass is 127. The highest BCUT2D eigenvalue weighted by Crippen LogP contribution is 2.40. The Morgan fingerprint density at radius 2 is 1.83 bits per heavy atom. The fourth-order valence-electron chi connectivity index (χ4n) is 4.55. The van der Waals surface area contributed by atoms with E-state index in [1.807, 2.05) is 9.80 Å². The third-order valence-electron chi connectivity index (χ3n) is 6.20. The number of hydrogen-bond donors (Lipinski definition) is 1. The summed E-state index contributed by atoms with van der Waals surface area (Å²) >= 11 is 1.58. The average molecular weight is 595 g/mol. The van der Waals surface area contributed by atoms with Crippen molar-refractivity contribution in [2.75, 3.05) is 60.1 Å². The summed E-state index contributed by atoms with van der Waals surface area (Å²) in [5.74, 6) is -0.845. The Hall–Kier alpha value is -3.42. The fourth-order valence-corrected chi connectivity index (χ4v) is 4.86. The third-order valence-corrected chi connectivity index (χ3v) is 6.47. The first-order chi connectivity index (χ1) is 16.8. The number of halogens is 3. The number of aldehydes is 1. The number of nitrogens with zero attached hydrogens (tertiary/aromatic N) is 4. The van der Waals surface area contributed by atoms with E-state index in [0.717, 1.165) is 6.07 Å². The van der Waals surface area contributed by atoms with Gasteiger partial charge in [0.25, 0.3) is 3.91 Å². The van der Waals surface area contributed by atoms with Gasteiger partial charge < -0.3 is 19.9 Å². The maximum absolute atomic E-state index is 15.4. The molecule has 1 saturated heterocycles. The molecule has 2 aromatic carbocycles. The van der Waals surface area contributed by atoms with Crippen LogP contribution in [0.5, 0.6) is 5.75 Å². The molecule has 5 rings (SSSR count). The predicted octanol–water partition coefficient (Wildman–Crippen LogP) is 3.30. The maximum atomic E-state index is 15.4. The minimum absolute atomic E-state index is 0.0657. The molecule has 0 spiro atoms. The highest BCUT2D eigenvalue weighted by Gasteiger charge is 2.30. The van der Waals surface area contributed by atoms with Crippen LogP contribution in [0.25, 0.3) is 10.9 Å². The number of aromatic nitrogens is 1. The molecule has 0 aliphatic carbocycles. The zero-order chi connectivity index (χ0) is 24.9. The van der Waals surface area contributed by atoms with E-state index in [1.165, 1.54) is 12.3 Å². The van der Waals surface area contributed by atoms with Crippen LogP contribution in [0.15, 0.2) is 35.3 Å². The molecule has 0 atom stereocenters. The van der Waals surface area contributed by atoms with Gasteiger partial charge in [0.15, 0.2) is 30.0 Å². The van der Waals surface area contributed by atoms with Crippen molar-refractivity contribution in [2.24, 2.45) is 0 Å². The SMILES string of the molecule is CN1COc2c(N3CCN(c4ccc(NC(=O)I)cc4F)CC3)c(F)cc3c(=O)c(C=O)cn1c23. The van der Waals surface area contributed by atoms with E-state index >= 15 is 4.39 Å². The van der Waals surface area contributed by atoms with Crippen molar-refractivity contribution in [2.45, 2.75) is 0 Å². The van der Waals surface area contributed by atoms with Crippen LogP contribution in [0.4, 0.5) is 30.6 Å². The standard InChI is InChI=1S/C23H20F2IN5O4/c1-28-12-35-22-19-15(21(33)13(11-32)10-31(19)28)9-17(25)20(22)30-6-4-29(5-7-30)18-3-2-14(8-16(18)24)27-23(26)34/h2-3,8-11H,4-7,12H2,1H3,(H,27,34). The van der Waals surface area contributed by atoms with Crippen LogP contribution < -0.4 is 30.3 Å². The fraction of sp³-hybridized carbons (Fsp3) is 0.261. The molecule has 12 heteroatoms. The zero-order valence-electron chi connectivity index (χ0n) is 18.6. The first-order valence-electron chi connectivity index (χ1n) is 10.8. The van der Waals surface area contributed by atoms with Crippen LogP contribution in [0.3, 0.4) is 0 Å². The summed E-state index contributed by atoms with van der Waals surface area (Å²) in [6.07, 6.45) is 1.89. The lowest BCUT2D eigenvalue weighted by Gasteiger charge is -2.39. The van der Waals surface area contributed by atoms with Crippen LogP contribution in [-0.4, -0.2) is 54.8 Å². The summed E-state index contributed by atoms with van der Waals surface area (Å²) in [6.45, 7) is 1.71. The van der Waals surface area contributed by atoms with Crippen molar-refractivity contribution in [3.63, 3.8) is 0 Å². The number of carbonyl (C=O) groups excluding carboxylic acids is 2. The molecule has 1 aromatic heterocycles. The number of nitrogens with one attached hydrogen (secondary N) is 1. The average Bonchev–Trinajstić information content (AvgIpc) is 2.82. The van der Waals surface area contributed by atoms with E-state index in [-0.39, 0.29) is 33.0 Å². The van der Waals surface area contributed by atoms with E-state index in [2.05, 4.69) is 5.32 Å². The first-order valence-corrected chi connectivity index (χ1v) is 11.8. The summed E-state index contributed by atoms with van der Waals surface area (Å²) in [4.78, 5) is 38.9. The number of rotatable bonds is 4. The summed E-state index contributed by atoms with van der Waals surface area (Å²) < 4.78 is 37.3. The van der Waals surface area contributed by atoms with Crippen molar-refractivity contribution in [3.05, 3.63) is 57.9 Å². The molecule has 0 bridgehead atoms. The van der Waals surface area contributed by atoms with Gasteiger partial charge in [0.05, 0.1) is 16.6 Å². The molecule has 3 heterocycles. The van der Waals surface area contributed by atoms with E-state index in [4.69, 9.17) is 4.74 Å². The molecule has 182 valence electrons. The van der Waals surface area contributed by atoms with E-state index in [1.54, 1.807) is 51.5 Å². The largest absolute Gasteiger partial charge is 0.467 e. The van der Waals surface area contributed by atoms with Gasteiger partial charge in [-0.3, -0.25) is 24.1 Å². The summed E-state index contributed by atoms with van der Waals surface area (Å²) in [5, 5.41) is 4.28. The summed E-state index contributed by atoms with van der Waals surface area (Å²) in [6, 6.07) is 5.65. The first kappa shape index (κ1) is 23.3. The second-order valence-electron chi connectivity index (χ2n) is 8.28. The monoisotopic (exact) mass is 595 g/mol. The zero-order valence-corrected chi connectivity index (χ0v) is 20.7. The van der Waals surface area contributed by atoms with Crippen molar-refractivity contribution >= 4 is 60.8 Å². The predicted molar refractivity (Wildman–Crippen MR) is 137 cm³/mol. The van der Waals surface area contributed by atoms with Crippen molar-refractivity contribution in [3.8, 4) is 5.75 Å². The Labute approximate surface area is 211 Å². The molecule has 0 saturated carbocycles. The third kappa shape index (κ3) is 4.05. The van der Waals surface area contributed by atoms with Gasteiger partial charge in [0.1, 0.15) is 17.0 Å². The Morgan fingerprint density at radius 1 is 1.11 bits per heavy atom. The molecule has 35 heavy (non-hydrogen) atoms. The molecule has 3 aromatic rings. The smallest absolute Gasteiger partial charge is 0.284 e. The Kier molecular flexibility index (Phi) is 5.99. The molecule has 2 aliphatic rings. The topological polar surface area (TPSA) is 87.1 Å². The van der Waals surface area contributed by atoms with Crippen LogP contribution in [-0.2, 0) is 0 Å². The Morgan fingerprint density at radius 3 is 2.49 bits per heavy atom. The molecule has 1 N–H and O–H groups in total. The number of ether oxygens (including phenoxy) is 1. The minimum atomic E-state index is -0.623. The van der Waals surface area contributed by atoms with Crippen LogP contribution >= 0.6 is 22.6 Å². The van der Waals surface area contributed by atoms with Gasteiger partial charge in [-0.25, -0.2) is 8.78 Å². The second-order valence-corrected chi connectivity index (χ2v) is 9.26. The van der Waals surface area contributed by atoms with Crippen molar-refractivity contribution < 1.29 is 23.1 Å². The normalized spacial score (nSPS) is 15.3. The van der Waals surface area contributed by atoms with Crippen LogP contribution in [0.1, 0.15) is 10.4 Å². The molecule has 1 fully saturated rings. The molecular formula is C23H20F2IN5O4. The van der Waals surface area contributed by atoms with Gasteiger partial charge in [-0.1, -0.05) is 0 Å². The molecule has 0 unspecified atom stereocenters. The van der Waals surface area contributed by atoms with Gasteiger partial charge in [0, 0.05) is 67.7 Å². The molecule has 1 amide bonds. The van der Waals surface area contributed by atoms with Gasteiger partial charge in [-0.15, -0.1) is 0 Å². The van der Waals surface area contributed by atoms with Crippen molar-refractivity contribution in [1.29, 1.82) is 0 Å². The van der Waals surface area contributed by atoms with Gasteiger partial charge in [0.2, 0.25) is 0 Å². The summed E-state index contributed by atoms with van der Waals surface area (Å²) in [7, 11) is 1.73. The number of hydrogen-bond acceptors (Lipinski definition) is 7. The van der Waals surface area contributed by atoms with E-state index < -0.39 is 17.1 Å². The van der Waals surface area contributed by atoms with Crippen LogP contribution in [0.2, 0.25) is 0 Å². The molecule has 0 radical (unpaired) electrons. The quantitative estimate of drug-likeness (QED) is 0.215. The van der Waals surface area contributed by atoms with E-state index in [0.29, 0.717) is 49.4 Å². The maximum Gasteiger partial charge on any atom is 0.284 e. The Bertz CT molecular complexity index is 1420. The van der Waals surface area contributed by atoms with Gasteiger partial charge in [-0.05, 0) is 24.3 Å². The lowest BCUT2D eigenvalue weighted by Crippen LogP contribution is -2.47. The number of carbonyl (C=O) groups is 2. The lowest BCUT2D eigenvalue weighted by atomic mass is 10.1.